The summed E-state index contributed by atoms with van der Waals surface area (Å²) in [6.07, 6.45) is 12.2. The Kier molecular flexibility index (Phi) is 6.68. The maximum Gasteiger partial charge on any atom is 0.224 e. The summed E-state index contributed by atoms with van der Waals surface area (Å²) in [5.41, 5.74) is 8.11. The van der Waals surface area contributed by atoms with Crippen molar-refractivity contribution in [2.75, 3.05) is 5.32 Å². The number of pyridine rings is 1. The summed E-state index contributed by atoms with van der Waals surface area (Å²) in [4.78, 5) is 14.2. The van der Waals surface area contributed by atoms with Crippen LogP contribution >= 0.6 is 0 Å². The number of nitrogens with one attached hydrogen (secondary N) is 1. The Morgan fingerprint density at radius 2 is 1.83 bits per heavy atom. The zero-order valence-corrected chi connectivity index (χ0v) is 18.2. The van der Waals surface area contributed by atoms with E-state index in [0.29, 0.717) is 23.8 Å². The Balaban J connectivity index is 1.66. The highest BCUT2D eigenvalue weighted by molar-refractivity contribution is 5.86. The molecule has 4 N–H and O–H groups in total. The number of aliphatic hydroxyl groups excluding tert-OH is 1. The second-order valence-electron chi connectivity index (χ2n) is 9.09. The van der Waals surface area contributed by atoms with Gasteiger partial charge in [-0.25, -0.2) is 15.0 Å². The molecule has 2 saturated carbocycles. The van der Waals surface area contributed by atoms with E-state index in [1.54, 1.807) is 0 Å². The van der Waals surface area contributed by atoms with Crippen molar-refractivity contribution in [2.45, 2.75) is 102 Å². The summed E-state index contributed by atoms with van der Waals surface area (Å²) in [5, 5.41) is 14.2. The molecule has 2 aliphatic rings. The first kappa shape index (κ1) is 21.2. The molecule has 2 heterocycles. The molecular weight excluding hydrogens is 378 g/mol. The summed E-state index contributed by atoms with van der Waals surface area (Å²) < 4.78 is 6.31. The van der Waals surface area contributed by atoms with Crippen molar-refractivity contribution in [3.63, 3.8) is 0 Å². The second kappa shape index (κ2) is 9.43. The summed E-state index contributed by atoms with van der Waals surface area (Å²) in [6, 6.07) is 0.593. The average molecular weight is 414 g/mol. The van der Waals surface area contributed by atoms with Crippen LogP contribution in [0.15, 0.2) is 12.4 Å². The number of hydrogen-bond donors (Lipinski definition) is 3. The van der Waals surface area contributed by atoms with E-state index in [-0.39, 0.29) is 18.2 Å². The van der Waals surface area contributed by atoms with Crippen molar-refractivity contribution >= 4 is 16.9 Å². The second-order valence-corrected chi connectivity index (χ2v) is 9.09. The van der Waals surface area contributed by atoms with Crippen molar-refractivity contribution in [3.8, 4) is 5.88 Å². The van der Waals surface area contributed by atoms with Gasteiger partial charge in [-0.15, -0.1) is 0 Å². The van der Waals surface area contributed by atoms with Crippen molar-refractivity contribution in [1.82, 2.24) is 15.0 Å². The summed E-state index contributed by atoms with van der Waals surface area (Å²) in [7, 11) is 0. The lowest BCUT2D eigenvalue weighted by atomic mass is 9.83. The van der Waals surface area contributed by atoms with E-state index in [1.807, 2.05) is 12.4 Å². The molecule has 0 aromatic carbocycles. The molecule has 0 radical (unpaired) electrons. The van der Waals surface area contributed by atoms with Gasteiger partial charge in [0.15, 0.2) is 0 Å². The molecule has 7 nitrogen and oxygen atoms in total. The van der Waals surface area contributed by atoms with Crippen LogP contribution in [-0.4, -0.2) is 44.4 Å². The van der Waals surface area contributed by atoms with Gasteiger partial charge in [0.2, 0.25) is 11.8 Å². The largest absolute Gasteiger partial charge is 0.474 e. The lowest BCUT2D eigenvalue weighted by Gasteiger charge is -2.28. The molecular formula is C23H35N5O2. The Morgan fingerprint density at radius 1 is 1.10 bits per heavy atom. The molecule has 0 unspecified atom stereocenters. The summed E-state index contributed by atoms with van der Waals surface area (Å²) in [6.45, 7) is 4.27. The first-order valence-electron chi connectivity index (χ1n) is 11.6. The minimum absolute atomic E-state index is 0.147. The first-order chi connectivity index (χ1) is 14.5. The van der Waals surface area contributed by atoms with Crippen molar-refractivity contribution in [2.24, 2.45) is 5.73 Å². The highest BCUT2D eigenvalue weighted by atomic mass is 16.5. The number of aliphatic hydroxyl groups is 1. The fourth-order valence-corrected chi connectivity index (χ4v) is 4.55. The molecule has 0 spiro atoms. The monoisotopic (exact) mass is 413 g/mol. The number of anilines is 1. The minimum Gasteiger partial charge on any atom is -0.474 e. The maximum atomic E-state index is 9.92. The van der Waals surface area contributed by atoms with Crippen LogP contribution in [0.1, 0.15) is 83.1 Å². The summed E-state index contributed by atoms with van der Waals surface area (Å²) in [5.74, 6) is 1.63. The molecule has 2 aromatic heterocycles. The van der Waals surface area contributed by atoms with Gasteiger partial charge in [0.25, 0.3) is 0 Å². The maximum absolute atomic E-state index is 9.92. The average Bonchev–Trinajstić information content (AvgIpc) is 2.76. The SMILES string of the molecule is CC[C@H](C)Nc1ncc2c(O[C@H]3CC[C@H](N)CC3)ncc([C@H]3CC[C@H](O)CC3)c2n1. The van der Waals surface area contributed by atoms with E-state index in [2.05, 4.69) is 24.1 Å². The zero-order valence-electron chi connectivity index (χ0n) is 18.2. The molecule has 0 saturated heterocycles. The number of hydrogen-bond acceptors (Lipinski definition) is 7. The van der Waals surface area contributed by atoms with E-state index in [9.17, 15) is 5.11 Å². The molecule has 0 amide bonds. The van der Waals surface area contributed by atoms with Gasteiger partial charge in [-0.1, -0.05) is 6.92 Å². The molecule has 0 bridgehead atoms. The molecule has 0 aliphatic heterocycles. The van der Waals surface area contributed by atoms with Crippen LogP contribution in [0.3, 0.4) is 0 Å². The molecule has 164 valence electrons. The Morgan fingerprint density at radius 3 is 2.53 bits per heavy atom. The predicted molar refractivity (Wildman–Crippen MR) is 119 cm³/mol. The van der Waals surface area contributed by atoms with Gasteiger partial charge in [0.05, 0.1) is 17.0 Å². The highest BCUT2D eigenvalue weighted by Crippen LogP contribution is 2.38. The lowest BCUT2D eigenvalue weighted by Crippen LogP contribution is -2.31. The number of rotatable bonds is 6. The lowest BCUT2D eigenvalue weighted by molar-refractivity contribution is 0.122. The van der Waals surface area contributed by atoms with Crippen LogP contribution in [0, 0.1) is 0 Å². The van der Waals surface area contributed by atoms with Crippen LogP contribution in [-0.2, 0) is 0 Å². The molecule has 7 heteroatoms. The van der Waals surface area contributed by atoms with Gasteiger partial charge in [0, 0.05) is 30.0 Å². The van der Waals surface area contributed by atoms with Gasteiger partial charge in [-0.3, -0.25) is 0 Å². The fraction of sp³-hybridized carbons (Fsp3) is 0.696. The van der Waals surface area contributed by atoms with Crippen LogP contribution < -0.4 is 15.8 Å². The van der Waals surface area contributed by atoms with Gasteiger partial charge < -0.3 is 20.9 Å². The van der Waals surface area contributed by atoms with Crippen molar-refractivity contribution < 1.29 is 9.84 Å². The van der Waals surface area contributed by atoms with E-state index in [4.69, 9.17) is 20.4 Å². The fourth-order valence-electron chi connectivity index (χ4n) is 4.55. The first-order valence-corrected chi connectivity index (χ1v) is 11.6. The quantitative estimate of drug-likeness (QED) is 0.659. The third kappa shape index (κ3) is 4.83. The van der Waals surface area contributed by atoms with Gasteiger partial charge >= 0.3 is 0 Å². The van der Waals surface area contributed by atoms with E-state index >= 15 is 0 Å². The number of aromatic nitrogens is 3. The molecule has 2 fully saturated rings. The van der Waals surface area contributed by atoms with Crippen LogP contribution in [0.2, 0.25) is 0 Å². The Bertz CT molecular complexity index is 845. The Labute approximate surface area is 178 Å². The molecule has 30 heavy (non-hydrogen) atoms. The van der Waals surface area contributed by atoms with Gasteiger partial charge in [-0.05, 0) is 70.6 Å². The standard InChI is InChI=1S/C23H35N5O2/c1-3-14(2)27-23-26-13-20-21(28-23)19(15-4-8-17(29)9-5-15)12-25-22(20)30-18-10-6-16(24)7-11-18/h12-18,29H,3-11,24H2,1-2H3,(H,26,27,28)/t14-,15-,16-,17-,18-/m0/s1. The minimum atomic E-state index is -0.182. The number of nitrogens with two attached hydrogens (primary N) is 1. The Hall–Kier alpha value is -1.99. The third-order valence-electron chi connectivity index (χ3n) is 6.74. The van der Waals surface area contributed by atoms with Crippen molar-refractivity contribution in [1.29, 1.82) is 0 Å². The normalized spacial score (nSPS) is 28.3. The number of nitrogens with zero attached hydrogens (tertiary/aromatic N) is 3. The van der Waals surface area contributed by atoms with Crippen LogP contribution in [0.4, 0.5) is 5.95 Å². The smallest absolute Gasteiger partial charge is 0.224 e. The predicted octanol–water partition coefficient (Wildman–Crippen LogP) is 3.90. The van der Waals surface area contributed by atoms with E-state index in [1.165, 1.54) is 0 Å². The van der Waals surface area contributed by atoms with E-state index in [0.717, 1.165) is 74.3 Å². The number of ether oxygens (including phenoxy) is 1. The molecule has 1 atom stereocenters. The molecule has 2 aromatic rings. The van der Waals surface area contributed by atoms with Crippen molar-refractivity contribution in [3.05, 3.63) is 18.0 Å². The van der Waals surface area contributed by atoms with E-state index < -0.39 is 0 Å². The number of fused-ring (bicyclic) bond motifs is 1. The van der Waals surface area contributed by atoms with Gasteiger partial charge in [0.1, 0.15) is 6.10 Å². The topological polar surface area (TPSA) is 106 Å². The third-order valence-corrected chi connectivity index (χ3v) is 6.74. The molecule has 2 aliphatic carbocycles. The van der Waals surface area contributed by atoms with Crippen LogP contribution in [0.25, 0.3) is 10.9 Å². The van der Waals surface area contributed by atoms with Gasteiger partial charge in [-0.2, -0.15) is 0 Å². The highest BCUT2D eigenvalue weighted by Gasteiger charge is 2.26. The zero-order chi connectivity index (χ0) is 21.1. The van der Waals surface area contributed by atoms with Crippen LogP contribution in [0.5, 0.6) is 5.88 Å². The molecule has 4 rings (SSSR count). The summed E-state index contributed by atoms with van der Waals surface area (Å²) >= 11 is 0.